The maximum absolute atomic E-state index is 15.1. The summed E-state index contributed by atoms with van der Waals surface area (Å²) in [6.07, 6.45) is 4.98. The number of esters is 3. The number of benzene rings is 3. The second-order valence-corrected chi connectivity index (χ2v) is 20.8. The Morgan fingerprint density at radius 3 is 1.56 bits per heavy atom. The lowest BCUT2D eigenvalue weighted by atomic mass is 9.40. The van der Waals surface area contributed by atoms with Gasteiger partial charge in [0.15, 0.2) is 12.4 Å². The summed E-state index contributed by atoms with van der Waals surface area (Å²) in [5, 5.41) is -4.83. The van der Waals surface area contributed by atoms with Gasteiger partial charge in [-0.25, -0.2) is 9.59 Å². The van der Waals surface area contributed by atoms with Crippen molar-refractivity contribution in [2.24, 2.45) is 10.8 Å². The molecule has 3 aromatic carbocycles. The maximum Gasteiger partial charge on any atom is 0.402 e. The smallest absolute Gasteiger partial charge is 0.402 e. The van der Waals surface area contributed by atoms with Crippen LogP contribution in [-0.4, -0.2) is 130 Å². The molecule has 4 aliphatic rings. The summed E-state index contributed by atoms with van der Waals surface area (Å²) < 4.78 is 81.4. The van der Waals surface area contributed by atoms with Crippen LogP contribution < -0.4 is 0 Å². The van der Waals surface area contributed by atoms with Crippen LogP contribution in [0.2, 0.25) is 0 Å². The van der Waals surface area contributed by atoms with Gasteiger partial charge in [0.25, 0.3) is 0 Å². The molecule has 0 amide bonds. The minimum atomic E-state index is -5.98. The van der Waals surface area contributed by atoms with Gasteiger partial charge in [-0.3, -0.25) is 14.1 Å². The van der Waals surface area contributed by atoms with Crippen molar-refractivity contribution in [3.63, 3.8) is 0 Å². The molecule has 0 spiro atoms. The summed E-state index contributed by atoms with van der Waals surface area (Å²) in [5.41, 5.74) is 3.37. The monoisotopic (exact) mass is 916 g/mol. The molecule has 4 unspecified atom stereocenters. The molecule has 0 aromatic heterocycles. The Kier molecular flexibility index (Phi) is 15.3. The predicted octanol–water partition coefficient (Wildman–Crippen LogP) is -1.97. The van der Waals surface area contributed by atoms with E-state index in [1.54, 1.807) is 0 Å². The molecule has 4 aliphatic carbocycles. The van der Waals surface area contributed by atoms with Gasteiger partial charge in [0, 0.05) is 31.2 Å². The molecule has 0 aliphatic heterocycles. The van der Waals surface area contributed by atoms with Gasteiger partial charge in [-0.1, -0.05) is 109 Å². The summed E-state index contributed by atoms with van der Waals surface area (Å²) >= 11 is 0. The second kappa shape index (κ2) is 19.6. The largest absolute Gasteiger partial charge is 0.458 e. The van der Waals surface area contributed by atoms with Gasteiger partial charge in [-0.15, -0.1) is 0 Å². The molecule has 0 radical (unpaired) electrons. The van der Waals surface area contributed by atoms with Crippen LogP contribution in [0.5, 0.6) is 0 Å². The van der Waals surface area contributed by atoms with Gasteiger partial charge in [0.05, 0.1) is 16.5 Å². The molecule has 342 valence electrons. The Balaban J connectivity index is 1.57. The molecule has 4 atom stereocenters. The number of hydrogen-bond donors (Lipinski definition) is 1. The fourth-order valence-corrected chi connectivity index (χ4v) is 12.7. The first-order valence-electron chi connectivity index (χ1n) is 24.0. The quantitative estimate of drug-likeness (QED) is 0.0445. The first kappa shape index (κ1) is 51.5. The van der Waals surface area contributed by atoms with E-state index in [-0.39, 0.29) is 50.7 Å². The zero-order valence-corrected chi connectivity index (χ0v) is 41.1. The van der Waals surface area contributed by atoms with Gasteiger partial charge in [-0.2, -0.15) is 17.2 Å². The highest BCUT2D eigenvalue weighted by Crippen LogP contribution is 2.71. The number of ketones is 1. The van der Waals surface area contributed by atoms with Crippen LogP contribution in [0.3, 0.4) is 0 Å². The zero-order valence-electron chi connectivity index (χ0n) is 40.3. The summed E-state index contributed by atoms with van der Waals surface area (Å²) in [7, 11) is 11.9. The first-order valence-corrected chi connectivity index (χ1v) is 25.5. The number of carbonyl (C=O) groups excluding carboxylic acids is 4. The summed E-state index contributed by atoms with van der Waals surface area (Å²) in [6.45, 7) is -1.98. The van der Waals surface area contributed by atoms with Crippen molar-refractivity contribution in [1.82, 2.24) is 0 Å². The Morgan fingerprint density at radius 1 is 0.591 bits per heavy atom. The van der Waals surface area contributed by atoms with Crippen LogP contribution >= 0.6 is 0 Å². The van der Waals surface area contributed by atoms with E-state index in [1.165, 1.54) is 0 Å². The Bertz CT molecular complexity index is 2450. The number of rotatable bonds is 20. The Labute approximate surface area is 396 Å². The highest BCUT2D eigenvalue weighted by molar-refractivity contribution is 7.86. The minimum absolute atomic E-state index is 0.0406. The Morgan fingerprint density at radius 2 is 1.08 bits per heavy atom. The van der Waals surface area contributed by atoms with Crippen LogP contribution in [0, 0.1) is 10.8 Å². The van der Waals surface area contributed by atoms with Crippen molar-refractivity contribution >= 4 is 104 Å². The van der Waals surface area contributed by atoms with Crippen molar-refractivity contribution < 1.29 is 55.1 Å². The summed E-state index contributed by atoms with van der Waals surface area (Å²) in [5.74, 6) is -2.72. The lowest BCUT2D eigenvalue weighted by Crippen LogP contribution is -2.70. The van der Waals surface area contributed by atoms with E-state index in [9.17, 15) is 31.3 Å². The molecule has 66 heavy (non-hydrogen) atoms. The fraction of sp³-hybridized carbons (Fsp3) is 0.500. The molecule has 10 nitrogen and oxygen atoms in total. The molecule has 0 heterocycles. The van der Waals surface area contributed by atoms with E-state index < -0.39 is 61.9 Å². The zero-order chi connectivity index (χ0) is 48.6. The van der Waals surface area contributed by atoms with E-state index in [0.717, 1.165) is 50.1 Å². The number of halogens is 2. The SMILES string of the molecule is BCc1cc(CB)c(CB)c(C(=O)CC23CC4(OC(=O)c5cc(CB)cc(CB)c5CB)CC(OC(=O)c5c(CB)ccc(CB)c5CB)(C2)CC(C(=O)OCC(F)(F)S(=O)(=O)O)(C3)C4)c1. The van der Waals surface area contributed by atoms with Gasteiger partial charge in [-0.05, 0) is 59.1 Å². The molecule has 4 saturated carbocycles. The van der Waals surface area contributed by atoms with Gasteiger partial charge >= 0.3 is 33.3 Å². The van der Waals surface area contributed by atoms with Crippen molar-refractivity contribution in [2.45, 2.75) is 118 Å². The van der Waals surface area contributed by atoms with E-state index in [4.69, 9.17) is 14.2 Å². The predicted molar refractivity (Wildman–Crippen MR) is 275 cm³/mol. The van der Waals surface area contributed by atoms with Crippen LogP contribution in [0.4, 0.5) is 8.78 Å². The standard InChI is InChI=1S/C44H59B9F2O10S/c45-8-24-3-28(12-49)32(14-51)30(5-24)35(56)7-40-17-41(39(59)63-23-44(54,55)66(60,61)62)20-42(18-40,64-37(57)31-6-25(9-46)4-29(13-50)33(31)15-52)22-43(19-40,21-41)65-38(58)36-27(11-48)2-1-26(10-47)34(36)16-53/h1-6H,7-23,45-53H2,(H,60,61,62). The highest BCUT2D eigenvalue weighted by Gasteiger charge is 2.74. The van der Waals surface area contributed by atoms with E-state index >= 15 is 9.59 Å². The lowest BCUT2D eigenvalue weighted by molar-refractivity contribution is -0.260. The lowest BCUT2D eigenvalue weighted by Gasteiger charge is -2.67. The number of carbonyl (C=O) groups is 4. The molecular weight excluding hydrogens is 856 g/mol. The van der Waals surface area contributed by atoms with E-state index in [0.29, 0.717) is 73.6 Å². The minimum Gasteiger partial charge on any atom is -0.458 e. The third-order valence-corrected chi connectivity index (χ3v) is 15.7. The number of Topliss-reactive ketones (excluding diaryl/α,β-unsaturated/α-hetero) is 1. The first-order chi connectivity index (χ1) is 31.1. The number of hydrogen-bond acceptors (Lipinski definition) is 9. The van der Waals surface area contributed by atoms with Crippen LogP contribution in [0.15, 0.2) is 36.4 Å². The maximum atomic E-state index is 15.1. The average molecular weight is 915 g/mol. The average Bonchev–Trinajstić information content (AvgIpc) is 3.27. The number of ether oxygens (including phenoxy) is 3. The highest BCUT2D eigenvalue weighted by atomic mass is 32.2. The molecule has 0 saturated heterocycles. The van der Waals surface area contributed by atoms with Crippen molar-refractivity contribution in [1.29, 1.82) is 0 Å². The van der Waals surface area contributed by atoms with Crippen molar-refractivity contribution in [2.75, 3.05) is 6.61 Å². The van der Waals surface area contributed by atoms with Crippen molar-refractivity contribution in [3.8, 4) is 0 Å². The van der Waals surface area contributed by atoms with Gasteiger partial charge in [0.1, 0.15) is 81.8 Å². The molecule has 4 fully saturated rings. The molecular formula is C44H59B9F2O10S. The second-order valence-electron chi connectivity index (χ2n) is 19.3. The molecule has 3 aromatic rings. The van der Waals surface area contributed by atoms with Crippen molar-refractivity contribution in [3.05, 3.63) is 103 Å². The Hall–Kier alpha value is -3.91. The molecule has 22 heteroatoms. The van der Waals surface area contributed by atoms with E-state index in [2.05, 4.69) is 12.1 Å². The third kappa shape index (κ3) is 9.70. The number of alkyl halides is 2. The van der Waals surface area contributed by atoms with Gasteiger partial charge < -0.3 is 14.2 Å². The molecule has 7 rings (SSSR count). The third-order valence-electron chi connectivity index (χ3n) is 14.8. The molecule has 4 bridgehead atoms. The van der Waals surface area contributed by atoms with Gasteiger partial charge in [0.2, 0.25) is 0 Å². The van der Waals surface area contributed by atoms with Crippen LogP contribution in [-0.2, 0) is 86.0 Å². The summed E-state index contributed by atoms with van der Waals surface area (Å²) in [6, 6.07) is 11.8. The molecule has 1 N–H and O–H groups in total. The topological polar surface area (TPSA) is 150 Å². The fourth-order valence-electron chi connectivity index (χ4n) is 12.5. The van der Waals surface area contributed by atoms with E-state index in [1.807, 2.05) is 94.9 Å². The van der Waals surface area contributed by atoms with Crippen LogP contribution in [0.25, 0.3) is 0 Å². The normalized spacial score (nSPS) is 23.3. The van der Waals surface area contributed by atoms with Crippen LogP contribution in [0.1, 0.15) is 126 Å². The summed E-state index contributed by atoms with van der Waals surface area (Å²) in [4.78, 5) is 59.9.